The van der Waals surface area contributed by atoms with Crippen molar-refractivity contribution in [2.24, 2.45) is 16.7 Å². The van der Waals surface area contributed by atoms with Crippen molar-refractivity contribution in [2.45, 2.75) is 45.1 Å². The summed E-state index contributed by atoms with van der Waals surface area (Å²) in [5.74, 6) is -0.194. The van der Waals surface area contributed by atoms with Crippen molar-refractivity contribution in [1.29, 1.82) is 0 Å². The van der Waals surface area contributed by atoms with Crippen LogP contribution in [0.1, 0.15) is 55.1 Å². The topological polar surface area (TPSA) is 82.8 Å². The van der Waals surface area contributed by atoms with E-state index in [9.17, 15) is 14.4 Å². The zero-order chi connectivity index (χ0) is 19.8. The summed E-state index contributed by atoms with van der Waals surface area (Å²) in [6, 6.07) is 1.73. The molecule has 1 saturated heterocycles. The fourth-order valence-electron chi connectivity index (χ4n) is 6.30. The Morgan fingerprint density at radius 2 is 2.14 bits per heavy atom. The third kappa shape index (κ3) is 2.01. The van der Waals surface area contributed by atoms with Gasteiger partial charge in [0, 0.05) is 42.1 Å². The molecule has 0 radical (unpaired) electrons. The number of hydrogen-bond acceptors (Lipinski definition) is 6. The number of ether oxygens (including phenoxy) is 2. The minimum Gasteiger partial charge on any atom is -0.468 e. The Labute approximate surface area is 162 Å². The summed E-state index contributed by atoms with van der Waals surface area (Å²) in [6.07, 6.45) is 4.20. The maximum absolute atomic E-state index is 13.1. The molecule has 0 N–H and O–H groups in total. The SMILES string of the molecule is C=C1[C@@H](OC(C)=O)C[C@@]23COC(=O)C2=CC[C@H]2c4occc4C(=O)C[C@]1(C)[C@@H]23. The number of furan rings is 1. The number of fused-ring (bicyclic) bond motifs is 2. The van der Waals surface area contributed by atoms with Gasteiger partial charge in [0.15, 0.2) is 5.78 Å². The summed E-state index contributed by atoms with van der Waals surface area (Å²) in [6.45, 7) is 7.88. The highest BCUT2D eigenvalue weighted by Crippen LogP contribution is 2.68. The predicted octanol–water partition coefficient (Wildman–Crippen LogP) is 3.34. The molecule has 146 valence electrons. The molecule has 4 aliphatic rings. The molecule has 3 aliphatic carbocycles. The fraction of sp³-hybridized carbons (Fsp3) is 0.500. The van der Waals surface area contributed by atoms with Gasteiger partial charge in [0.1, 0.15) is 18.5 Å². The van der Waals surface area contributed by atoms with Gasteiger partial charge in [-0.05, 0) is 24.0 Å². The molecular weight excluding hydrogens is 360 g/mol. The van der Waals surface area contributed by atoms with Crippen molar-refractivity contribution in [2.75, 3.05) is 6.61 Å². The first-order chi connectivity index (χ1) is 13.3. The summed E-state index contributed by atoms with van der Waals surface area (Å²) in [5.41, 5.74) is 0.726. The number of hydrogen-bond donors (Lipinski definition) is 0. The van der Waals surface area contributed by atoms with Gasteiger partial charge >= 0.3 is 11.9 Å². The Morgan fingerprint density at radius 1 is 1.36 bits per heavy atom. The average molecular weight is 382 g/mol. The van der Waals surface area contributed by atoms with Crippen molar-refractivity contribution in [3.05, 3.63) is 47.5 Å². The first kappa shape index (κ1) is 17.5. The predicted molar refractivity (Wildman–Crippen MR) is 97.4 cm³/mol. The first-order valence-corrected chi connectivity index (χ1v) is 9.63. The molecule has 1 aromatic rings. The molecule has 5 atom stereocenters. The van der Waals surface area contributed by atoms with E-state index in [4.69, 9.17) is 13.9 Å². The molecule has 1 aliphatic heterocycles. The van der Waals surface area contributed by atoms with Gasteiger partial charge in [-0.25, -0.2) is 4.79 Å². The Kier molecular flexibility index (Phi) is 3.41. The highest BCUT2D eigenvalue weighted by molar-refractivity contribution is 5.99. The second kappa shape index (κ2) is 5.46. The third-order valence-electron chi connectivity index (χ3n) is 7.32. The van der Waals surface area contributed by atoms with E-state index in [1.54, 1.807) is 12.3 Å². The molecule has 1 saturated carbocycles. The first-order valence-electron chi connectivity index (χ1n) is 9.63. The number of rotatable bonds is 1. The van der Waals surface area contributed by atoms with Crippen molar-refractivity contribution in [3.63, 3.8) is 0 Å². The molecule has 2 heterocycles. The largest absolute Gasteiger partial charge is 0.468 e. The summed E-state index contributed by atoms with van der Waals surface area (Å²) < 4.78 is 16.9. The van der Waals surface area contributed by atoms with Gasteiger partial charge in [-0.3, -0.25) is 9.59 Å². The van der Waals surface area contributed by atoms with E-state index in [1.165, 1.54) is 6.92 Å². The molecule has 0 aromatic carbocycles. The molecule has 1 spiro atoms. The molecule has 6 nitrogen and oxygen atoms in total. The maximum Gasteiger partial charge on any atom is 0.334 e. The van der Waals surface area contributed by atoms with E-state index < -0.39 is 22.9 Å². The van der Waals surface area contributed by atoms with Crippen molar-refractivity contribution >= 4 is 17.7 Å². The number of allylic oxidation sites excluding steroid dienone is 1. The molecular formula is C22H22O6. The van der Waals surface area contributed by atoms with E-state index >= 15 is 0 Å². The Bertz CT molecular complexity index is 967. The van der Waals surface area contributed by atoms with E-state index in [2.05, 4.69) is 6.58 Å². The fourth-order valence-corrected chi connectivity index (χ4v) is 6.30. The molecule has 1 aromatic heterocycles. The molecule has 5 rings (SSSR count). The molecule has 0 unspecified atom stereocenters. The van der Waals surface area contributed by atoms with E-state index in [0.717, 1.165) is 5.57 Å². The Hall–Kier alpha value is -2.63. The molecule has 6 heteroatoms. The van der Waals surface area contributed by atoms with Crippen molar-refractivity contribution in [3.8, 4) is 0 Å². The number of esters is 2. The quantitative estimate of drug-likeness (QED) is 0.547. The standard InChI is InChI=1S/C22H22O6/c1-11-17(28-12(2)23)9-22-10-27-20(25)15(22)5-4-14-18-13(6-7-26-18)16(24)8-21(11,3)19(14)22/h5-7,14,17,19H,1,4,8-10H2,2-3H3/t14-,17-,19+,21-,22+/m0/s1. The van der Waals surface area contributed by atoms with E-state index in [1.807, 2.05) is 13.0 Å². The van der Waals surface area contributed by atoms with Crippen LogP contribution >= 0.6 is 0 Å². The average Bonchev–Trinajstić information content (AvgIpc) is 3.21. The lowest BCUT2D eigenvalue weighted by Gasteiger charge is -2.57. The van der Waals surface area contributed by atoms with Gasteiger partial charge in [0.05, 0.1) is 11.8 Å². The summed E-state index contributed by atoms with van der Waals surface area (Å²) in [7, 11) is 0. The zero-order valence-corrected chi connectivity index (χ0v) is 15.9. The van der Waals surface area contributed by atoms with E-state index in [-0.39, 0.29) is 36.6 Å². The lowest BCUT2D eigenvalue weighted by atomic mass is 9.45. The molecule has 0 bridgehead atoms. The van der Waals surface area contributed by atoms with Gasteiger partial charge in [-0.15, -0.1) is 0 Å². The Morgan fingerprint density at radius 3 is 2.89 bits per heavy atom. The number of carbonyl (C=O) groups excluding carboxylic acids is 3. The summed E-state index contributed by atoms with van der Waals surface area (Å²) >= 11 is 0. The van der Waals surface area contributed by atoms with Gasteiger partial charge in [-0.1, -0.05) is 19.6 Å². The lowest BCUT2D eigenvalue weighted by molar-refractivity contribution is -0.151. The van der Waals surface area contributed by atoms with Gasteiger partial charge in [0.2, 0.25) is 0 Å². The summed E-state index contributed by atoms with van der Waals surface area (Å²) in [4.78, 5) is 37.4. The lowest BCUT2D eigenvalue weighted by Crippen LogP contribution is -2.56. The molecule has 2 fully saturated rings. The van der Waals surface area contributed by atoms with Crippen LogP contribution in [-0.4, -0.2) is 30.4 Å². The van der Waals surface area contributed by atoms with Crippen LogP contribution in [0, 0.1) is 16.7 Å². The van der Waals surface area contributed by atoms with Gasteiger partial charge in [0.25, 0.3) is 0 Å². The second-order valence-electron chi connectivity index (χ2n) is 8.71. The van der Waals surface area contributed by atoms with Crippen LogP contribution < -0.4 is 0 Å². The van der Waals surface area contributed by atoms with Crippen LogP contribution in [0.2, 0.25) is 0 Å². The normalized spacial score (nSPS) is 38.6. The highest BCUT2D eigenvalue weighted by atomic mass is 16.5. The van der Waals surface area contributed by atoms with Crippen LogP contribution in [0.5, 0.6) is 0 Å². The van der Waals surface area contributed by atoms with Gasteiger partial charge < -0.3 is 13.9 Å². The zero-order valence-electron chi connectivity index (χ0n) is 15.9. The van der Waals surface area contributed by atoms with Crippen LogP contribution in [0.4, 0.5) is 0 Å². The maximum atomic E-state index is 13.1. The van der Waals surface area contributed by atoms with Crippen LogP contribution in [0.3, 0.4) is 0 Å². The second-order valence-corrected chi connectivity index (χ2v) is 8.71. The smallest absolute Gasteiger partial charge is 0.334 e. The van der Waals surface area contributed by atoms with Crippen LogP contribution in [0.15, 0.2) is 40.5 Å². The van der Waals surface area contributed by atoms with Crippen molar-refractivity contribution < 1.29 is 28.3 Å². The van der Waals surface area contributed by atoms with Crippen LogP contribution in [-0.2, 0) is 19.1 Å². The number of cyclic esters (lactones) is 1. The summed E-state index contributed by atoms with van der Waals surface area (Å²) in [5, 5.41) is 0. The minimum atomic E-state index is -0.644. The van der Waals surface area contributed by atoms with Crippen molar-refractivity contribution in [1.82, 2.24) is 0 Å². The molecule has 0 amide bonds. The van der Waals surface area contributed by atoms with Crippen LogP contribution in [0.25, 0.3) is 0 Å². The monoisotopic (exact) mass is 382 g/mol. The van der Waals surface area contributed by atoms with Gasteiger partial charge in [-0.2, -0.15) is 0 Å². The third-order valence-corrected chi connectivity index (χ3v) is 7.32. The number of Topliss-reactive ketones (excluding diaryl/α,β-unsaturated/α-hetero) is 1. The van der Waals surface area contributed by atoms with E-state index in [0.29, 0.717) is 29.7 Å². The highest BCUT2D eigenvalue weighted by Gasteiger charge is 2.67. The molecule has 28 heavy (non-hydrogen) atoms. The number of ketones is 1. The number of carbonyl (C=O) groups is 3. The Balaban J connectivity index is 1.75. The minimum absolute atomic E-state index is 0.00721.